The van der Waals surface area contributed by atoms with Gasteiger partial charge in [-0.25, -0.2) is 9.79 Å². The number of benzene rings is 2. The molecule has 2 aromatic carbocycles. The number of amides is 1. The lowest BCUT2D eigenvalue weighted by Gasteiger charge is -2.19. The molecule has 1 aliphatic heterocycles. The summed E-state index contributed by atoms with van der Waals surface area (Å²) in [6.45, 7) is 4.91. The van der Waals surface area contributed by atoms with E-state index < -0.39 is 12.6 Å². The maximum absolute atomic E-state index is 13.0. The van der Waals surface area contributed by atoms with E-state index in [0.29, 0.717) is 27.1 Å². The molecule has 2 aromatic rings. The second-order valence-corrected chi connectivity index (χ2v) is 8.14. The first kappa shape index (κ1) is 22.3. The number of ether oxygens (including phenoxy) is 1. The second kappa shape index (κ2) is 9.61. The summed E-state index contributed by atoms with van der Waals surface area (Å²) in [4.78, 5) is 42.0. The van der Waals surface area contributed by atoms with Crippen molar-refractivity contribution < 1.29 is 24.2 Å². The van der Waals surface area contributed by atoms with Gasteiger partial charge in [-0.2, -0.15) is 0 Å². The van der Waals surface area contributed by atoms with Crippen molar-refractivity contribution in [1.82, 2.24) is 4.90 Å². The van der Waals surface area contributed by atoms with Crippen LogP contribution < -0.4 is 4.74 Å². The van der Waals surface area contributed by atoms with E-state index in [1.54, 1.807) is 59.5 Å². The van der Waals surface area contributed by atoms with Crippen molar-refractivity contribution in [3.8, 4) is 5.75 Å². The number of hydrogen-bond acceptors (Lipinski definition) is 6. The molecule has 0 aromatic heterocycles. The second-order valence-electron chi connectivity index (χ2n) is 7.13. The van der Waals surface area contributed by atoms with E-state index in [1.165, 1.54) is 18.7 Å². The number of aliphatic carboxylic acids is 1. The van der Waals surface area contributed by atoms with Gasteiger partial charge in [-0.15, -0.1) is 0 Å². The molecule has 31 heavy (non-hydrogen) atoms. The Labute approximate surface area is 184 Å². The first-order valence-electron chi connectivity index (χ1n) is 9.62. The molecule has 8 heteroatoms. The normalized spacial score (nSPS) is 16.4. The van der Waals surface area contributed by atoms with Gasteiger partial charge in [-0.3, -0.25) is 14.5 Å². The molecule has 3 rings (SSSR count). The summed E-state index contributed by atoms with van der Waals surface area (Å²) in [5.41, 5.74) is 1.95. The van der Waals surface area contributed by atoms with Crippen LogP contribution in [-0.2, 0) is 9.59 Å². The fourth-order valence-corrected chi connectivity index (χ4v) is 4.00. The smallest absolute Gasteiger partial charge is 0.341 e. The number of amidine groups is 1. The van der Waals surface area contributed by atoms with E-state index in [4.69, 9.17) is 9.84 Å². The predicted octanol–water partition coefficient (Wildman–Crippen LogP) is 4.37. The molecule has 0 aliphatic carbocycles. The minimum Gasteiger partial charge on any atom is -0.482 e. The molecule has 1 N–H and O–H groups in total. The SMILES string of the molecule is CC(=O)c1cccc(N=C2S/C(=C\c3ccc(OCC(=O)O)cc3)C(=O)N2C(C)C)c1. The maximum atomic E-state index is 13.0. The van der Waals surface area contributed by atoms with Crippen molar-refractivity contribution in [2.45, 2.75) is 26.8 Å². The summed E-state index contributed by atoms with van der Waals surface area (Å²) >= 11 is 1.27. The fourth-order valence-electron chi connectivity index (χ4n) is 2.88. The summed E-state index contributed by atoms with van der Waals surface area (Å²) < 4.78 is 5.13. The number of ketones is 1. The van der Waals surface area contributed by atoms with Crippen molar-refractivity contribution in [1.29, 1.82) is 0 Å². The van der Waals surface area contributed by atoms with Crippen molar-refractivity contribution in [3.05, 3.63) is 64.6 Å². The van der Waals surface area contributed by atoms with Gasteiger partial charge in [0.05, 0.1) is 10.6 Å². The van der Waals surface area contributed by atoms with E-state index in [-0.39, 0.29) is 17.7 Å². The van der Waals surface area contributed by atoms with Crippen LogP contribution in [0.1, 0.15) is 36.7 Å². The van der Waals surface area contributed by atoms with Crippen LogP contribution in [0.4, 0.5) is 5.69 Å². The zero-order valence-electron chi connectivity index (χ0n) is 17.4. The lowest BCUT2D eigenvalue weighted by atomic mass is 10.1. The number of rotatable bonds is 7. The highest BCUT2D eigenvalue weighted by molar-refractivity contribution is 8.18. The highest BCUT2D eigenvalue weighted by atomic mass is 32.2. The number of nitrogens with zero attached hydrogens (tertiary/aromatic N) is 2. The molecular formula is C23H22N2O5S. The quantitative estimate of drug-likeness (QED) is 0.510. The van der Waals surface area contributed by atoms with Crippen LogP contribution in [0.15, 0.2) is 58.4 Å². The van der Waals surface area contributed by atoms with Gasteiger partial charge in [0.15, 0.2) is 17.6 Å². The minimum atomic E-state index is -1.05. The zero-order chi connectivity index (χ0) is 22.5. The Morgan fingerprint density at radius 2 is 1.90 bits per heavy atom. The molecule has 0 atom stereocenters. The predicted molar refractivity (Wildman–Crippen MR) is 121 cm³/mol. The van der Waals surface area contributed by atoms with Crippen LogP contribution in [0.25, 0.3) is 6.08 Å². The Hall–Kier alpha value is -3.39. The highest BCUT2D eigenvalue weighted by Gasteiger charge is 2.35. The van der Waals surface area contributed by atoms with Crippen LogP contribution in [-0.4, -0.2) is 45.5 Å². The Kier molecular flexibility index (Phi) is 6.91. The third kappa shape index (κ3) is 5.61. The van der Waals surface area contributed by atoms with Crippen molar-refractivity contribution in [2.24, 2.45) is 4.99 Å². The van der Waals surface area contributed by atoms with Crippen molar-refractivity contribution >= 4 is 46.4 Å². The van der Waals surface area contributed by atoms with Gasteiger partial charge >= 0.3 is 5.97 Å². The van der Waals surface area contributed by atoms with Gasteiger partial charge in [0.2, 0.25) is 0 Å². The topological polar surface area (TPSA) is 96.3 Å². The molecule has 1 aliphatic rings. The zero-order valence-corrected chi connectivity index (χ0v) is 18.2. The van der Waals surface area contributed by atoms with Crippen LogP contribution in [0.3, 0.4) is 0 Å². The number of aliphatic imine (C=N–C) groups is 1. The Bertz CT molecular complexity index is 1070. The number of Topliss-reactive ketones (excluding diaryl/α,β-unsaturated/α-hetero) is 1. The number of carbonyl (C=O) groups is 3. The third-order valence-electron chi connectivity index (χ3n) is 4.37. The van der Waals surface area contributed by atoms with Crippen LogP contribution in [0, 0.1) is 0 Å². The van der Waals surface area contributed by atoms with Gasteiger partial charge in [-0.1, -0.05) is 24.3 Å². The molecular weight excluding hydrogens is 416 g/mol. The molecule has 7 nitrogen and oxygen atoms in total. The molecule has 0 spiro atoms. The summed E-state index contributed by atoms with van der Waals surface area (Å²) in [6.07, 6.45) is 1.76. The molecule has 1 heterocycles. The maximum Gasteiger partial charge on any atom is 0.341 e. The van der Waals surface area contributed by atoms with Crippen LogP contribution in [0.5, 0.6) is 5.75 Å². The average molecular weight is 439 g/mol. The van der Waals surface area contributed by atoms with E-state index in [1.807, 2.05) is 13.8 Å². The number of carboxylic acids is 1. The Balaban J connectivity index is 1.86. The lowest BCUT2D eigenvalue weighted by molar-refractivity contribution is -0.139. The standard InChI is InChI=1S/C23H22N2O5S/c1-14(2)25-22(29)20(11-16-7-9-19(10-8-16)30-13-21(27)28)31-23(25)24-18-6-4-5-17(12-18)15(3)26/h4-12,14H,13H2,1-3H3,(H,27,28)/b20-11-,24-23?. The highest BCUT2D eigenvalue weighted by Crippen LogP contribution is 2.35. The summed E-state index contributed by atoms with van der Waals surface area (Å²) in [6, 6.07) is 13.7. The number of hydrogen-bond donors (Lipinski definition) is 1. The van der Waals surface area contributed by atoms with Gasteiger partial charge in [0.25, 0.3) is 5.91 Å². The van der Waals surface area contributed by atoms with Gasteiger partial charge < -0.3 is 9.84 Å². The summed E-state index contributed by atoms with van der Waals surface area (Å²) in [7, 11) is 0. The fraction of sp³-hybridized carbons (Fsp3) is 0.217. The van der Waals surface area contributed by atoms with Gasteiger partial charge in [-0.05, 0) is 68.4 Å². The van der Waals surface area contributed by atoms with Gasteiger partial charge in [0, 0.05) is 11.6 Å². The summed E-state index contributed by atoms with van der Waals surface area (Å²) in [5, 5.41) is 9.23. The number of carbonyl (C=O) groups excluding carboxylic acids is 2. The minimum absolute atomic E-state index is 0.0470. The first-order valence-corrected chi connectivity index (χ1v) is 10.4. The van der Waals surface area contributed by atoms with Crippen molar-refractivity contribution in [3.63, 3.8) is 0 Å². The number of thioether (sulfide) groups is 1. The Morgan fingerprint density at radius 1 is 1.19 bits per heavy atom. The third-order valence-corrected chi connectivity index (χ3v) is 5.35. The molecule has 1 saturated heterocycles. The molecule has 0 radical (unpaired) electrons. The molecule has 160 valence electrons. The van der Waals surface area contributed by atoms with Gasteiger partial charge in [0.1, 0.15) is 5.75 Å². The molecule has 0 bridgehead atoms. The summed E-state index contributed by atoms with van der Waals surface area (Å²) in [5.74, 6) is -0.804. The molecule has 1 amide bonds. The van der Waals surface area contributed by atoms with Crippen LogP contribution >= 0.6 is 11.8 Å². The average Bonchev–Trinajstić information content (AvgIpc) is 3.02. The lowest BCUT2D eigenvalue weighted by Crippen LogP contribution is -2.35. The molecule has 0 saturated carbocycles. The molecule has 0 unspecified atom stereocenters. The number of carboxylic acid groups (broad SMARTS) is 1. The Morgan fingerprint density at radius 3 is 2.52 bits per heavy atom. The largest absolute Gasteiger partial charge is 0.482 e. The van der Waals surface area contributed by atoms with E-state index in [2.05, 4.69) is 4.99 Å². The van der Waals surface area contributed by atoms with E-state index >= 15 is 0 Å². The first-order chi connectivity index (χ1) is 14.7. The van der Waals surface area contributed by atoms with Crippen molar-refractivity contribution in [2.75, 3.05) is 6.61 Å². The molecule has 1 fully saturated rings. The van der Waals surface area contributed by atoms with E-state index in [0.717, 1.165) is 5.56 Å². The van der Waals surface area contributed by atoms with E-state index in [9.17, 15) is 14.4 Å². The van der Waals surface area contributed by atoms with Crippen LogP contribution in [0.2, 0.25) is 0 Å². The monoisotopic (exact) mass is 438 g/mol.